The first-order valence-corrected chi connectivity index (χ1v) is 8.10. The third kappa shape index (κ3) is 3.02. The molecule has 0 saturated carbocycles. The molecular formula is C17H15N7O2. The van der Waals surface area contributed by atoms with Crippen molar-refractivity contribution in [3.8, 4) is 11.5 Å². The number of nitrogens with zero attached hydrogens (tertiary/aromatic N) is 6. The Bertz CT molecular complexity index is 1060. The minimum Gasteiger partial charge on any atom is -0.343 e. The van der Waals surface area contributed by atoms with Crippen LogP contribution in [0.5, 0.6) is 0 Å². The van der Waals surface area contributed by atoms with Crippen molar-refractivity contribution in [1.29, 1.82) is 0 Å². The zero-order valence-corrected chi connectivity index (χ0v) is 14.0. The highest BCUT2D eigenvalue weighted by Crippen LogP contribution is 2.19. The van der Waals surface area contributed by atoms with E-state index in [0.29, 0.717) is 35.3 Å². The van der Waals surface area contributed by atoms with Crippen molar-refractivity contribution in [2.45, 2.75) is 19.9 Å². The summed E-state index contributed by atoms with van der Waals surface area (Å²) in [6.45, 7) is 2.19. The van der Waals surface area contributed by atoms with E-state index in [1.54, 1.807) is 28.8 Å². The first-order chi connectivity index (χ1) is 12.7. The highest BCUT2D eigenvalue weighted by molar-refractivity contribution is 5.92. The van der Waals surface area contributed by atoms with Crippen LogP contribution >= 0.6 is 0 Å². The number of aromatic nitrogens is 6. The molecular weight excluding hydrogens is 334 g/mol. The topological polar surface area (TPSA) is 111 Å². The SMILES string of the molecule is CCc1noc(-c2ccn3c(CNC(=O)c4ccccn4)nnc3c2)n1. The van der Waals surface area contributed by atoms with Gasteiger partial charge in [-0.25, -0.2) is 0 Å². The summed E-state index contributed by atoms with van der Waals surface area (Å²) in [6, 6.07) is 8.82. The fourth-order valence-electron chi connectivity index (χ4n) is 2.46. The quantitative estimate of drug-likeness (QED) is 0.583. The maximum atomic E-state index is 12.1. The average molecular weight is 349 g/mol. The zero-order chi connectivity index (χ0) is 17.9. The van der Waals surface area contributed by atoms with Gasteiger partial charge >= 0.3 is 0 Å². The summed E-state index contributed by atoms with van der Waals surface area (Å²) < 4.78 is 7.03. The fourth-order valence-corrected chi connectivity index (χ4v) is 2.46. The van der Waals surface area contributed by atoms with Crippen LogP contribution in [0, 0.1) is 0 Å². The monoisotopic (exact) mass is 349 g/mol. The fraction of sp³-hybridized carbons (Fsp3) is 0.176. The van der Waals surface area contributed by atoms with Gasteiger partial charge in [0.05, 0.1) is 6.54 Å². The number of carbonyl (C=O) groups excluding carboxylic acids is 1. The summed E-state index contributed by atoms with van der Waals surface area (Å²) in [4.78, 5) is 20.4. The third-order valence-corrected chi connectivity index (χ3v) is 3.82. The molecule has 0 radical (unpaired) electrons. The minimum atomic E-state index is -0.267. The standard InChI is InChI=1S/C17H15N7O2/c1-2-13-20-17(26-23-13)11-6-8-24-14(9-11)21-22-15(24)10-19-16(25)12-5-3-4-7-18-12/h3-9H,2,10H2,1H3,(H,19,25). The Hall–Kier alpha value is -3.62. The van der Waals surface area contributed by atoms with Gasteiger partial charge in [-0.1, -0.05) is 18.1 Å². The van der Waals surface area contributed by atoms with Crippen LogP contribution in [-0.4, -0.2) is 35.6 Å². The van der Waals surface area contributed by atoms with Gasteiger partial charge in [-0.05, 0) is 24.3 Å². The molecule has 0 saturated heterocycles. The lowest BCUT2D eigenvalue weighted by molar-refractivity contribution is 0.0945. The molecule has 0 unspecified atom stereocenters. The maximum absolute atomic E-state index is 12.1. The Morgan fingerprint density at radius 1 is 1.27 bits per heavy atom. The molecule has 9 heteroatoms. The zero-order valence-electron chi connectivity index (χ0n) is 14.0. The molecule has 0 aliphatic heterocycles. The van der Waals surface area contributed by atoms with Gasteiger partial charge in [0, 0.05) is 24.4 Å². The molecule has 1 amide bonds. The number of nitrogens with one attached hydrogen (secondary N) is 1. The number of fused-ring (bicyclic) bond motifs is 1. The Morgan fingerprint density at radius 2 is 2.19 bits per heavy atom. The number of hydrogen-bond acceptors (Lipinski definition) is 7. The predicted octanol–water partition coefficient (Wildman–Crippen LogP) is 1.67. The molecule has 0 aliphatic rings. The molecule has 0 atom stereocenters. The Kier molecular flexibility index (Phi) is 4.10. The van der Waals surface area contributed by atoms with E-state index in [4.69, 9.17) is 4.52 Å². The Balaban J connectivity index is 1.53. The number of carbonyl (C=O) groups is 1. The van der Waals surface area contributed by atoms with Crippen LogP contribution in [0.25, 0.3) is 17.1 Å². The van der Waals surface area contributed by atoms with Crippen LogP contribution in [0.3, 0.4) is 0 Å². The van der Waals surface area contributed by atoms with E-state index in [0.717, 1.165) is 5.56 Å². The van der Waals surface area contributed by atoms with Crippen molar-refractivity contribution in [3.63, 3.8) is 0 Å². The van der Waals surface area contributed by atoms with E-state index in [9.17, 15) is 4.79 Å². The largest absolute Gasteiger partial charge is 0.343 e. The van der Waals surface area contributed by atoms with E-state index >= 15 is 0 Å². The number of hydrogen-bond donors (Lipinski definition) is 1. The molecule has 0 bridgehead atoms. The lowest BCUT2D eigenvalue weighted by Crippen LogP contribution is -2.24. The smallest absolute Gasteiger partial charge is 0.270 e. The van der Waals surface area contributed by atoms with Gasteiger partial charge in [-0.15, -0.1) is 10.2 Å². The molecule has 4 rings (SSSR count). The summed E-state index contributed by atoms with van der Waals surface area (Å²) in [5, 5.41) is 14.9. The second-order valence-electron chi connectivity index (χ2n) is 5.53. The van der Waals surface area contributed by atoms with Crippen molar-refractivity contribution in [1.82, 2.24) is 35.0 Å². The lowest BCUT2D eigenvalue weighted by atomic mass is 10.2. The van der Waals surface area contributed by atoms with Gasteiger partial charge in [0.2, 0.25) is 0 Å². The molecule has 26 heavy (non-hydrogen) atoms. The highest BCUT2D eigenvalue weighted by atomic mass is 16.5. The van der Waals surface area contributed by atoms with E-state index < -0.39 is 0 Å². The van der Waals surface area contributed by atoms with Gasteiger partial charge in [0.1, 0.15) is 5.69 Å². The minimum absolute atomic E-state index is 0.233. The normalized spacial score (nSPS) is 11.0. The highest BCUT2D eigenvalue weighted by Gasteiger charge is 2.13. The Labute approximate surface area is 148 Å². The Morgan fingerprint density at radius 3 is 2.96 bits per heavy atom. The van der Waals surface area contributed by atoms with E-state index in [2.05, 4.69) is 30.6 Å². The van der Waals surface area contributed by atoms with Crippen LogP contribution in [0.1, 0.15) is 29.1 Å². The van der Waals surface area contributed by atoms with Gasteiger partial charge in [-0.2, -0.15) is 4.98 Å². The number of pyridine rings is 2. The predicted molar refractivity (Wildman–Crippen MR) is 91.1 cm³/mol. The van der Waals surface area contributed by atoms with E-state index in [1.165, 1.54) is 0 Å². The van der Waals surface area contributed by atoms with Crippen LogP contribution in [0.15, 0.2) is 47.2 Å². The summed E-state index contributed by atoms with van der Waals surface area (Å²) in [6.07, 6.45) is 4.09. The number of rotatable bonds is 5. The van der Waals surface area contributed by atoms with Crippen molar-refractivity contribution in [2.24, 2.45) is 0 Å². The molecule has 0 aliphatic carbocycles. The van der Waals surface area contributed by atoms with E-state index in [-0.39, 0.29) is 12.5 Å². The summed E-state index contributed by atoms with van der Waals surface area (Å²) in [5.41, 5.74) is 1.74. The summed E-state index contributed by atoms with van der Waals surface area (Å²) in [5.74, 6) is 1.43. The lowest BCUT2D eigenvalue weighted by Gasteiger charge is -2.03. The number of aryl methyl sites for hydroxylation is 1. The molecule has 0 spiro atoms. The van der Waals surface area contributed by atoms with Crippen LogP contribution in [0.2, 0.25) is 0 Å². The molecule has 1 N–H and O–H groups in total. The average Bonchev–Trinajstić information content (AvgIpc) is 3.33. The molecule has 130 valence electrons. The first kappa shape index (κ1) is 15.9. The van der Waals surface area contributed by atoms with Crippen LogP contribution < -0.4 is 5.32 Å². The van der Waals surface area contributed by atoms with Crippen molar-refractivity contribution < 1.29 is 9.32 Å². The van der Waals surface area contributed by atoms with Crippen molar-refractivity contribution in [3.05, 3.63) is 60.1 Å². The van der Waals surface area contributed by atoms with Gasteiger partial charge < -0.3 is 9.84 Å². The van der Waals surface area contributed by atoms with Crippen LogP contribution in [0.4, 0.5) is 0 Å². The molecule has 4 aromatic rings. The van der Waals surface area contributed by atoms with Gasteiger partial charge in [0.15, 0.2) is 17.3 Å². The molecule has 0 aromatic carbocycles. The van der Waals surface area contributed by atoms with Crippen molar-refractivity contribution >= 4 is 11.6 Å². The third-order valence-electron chi connectivity index (χ3n) is 3.82. The summed E-state index contributed by atoms with van der Waals surface area (Å²) in [7, 11) is 0. The van der Waals surface area contributed by atoms with Crippen LogP contribution in [-0.2, 0) is 13.0 Å². The first-order valence-electron chi connectivity index (χ1n) is 8.10. The van der Waals surface area contributed by atoms with Gasteiger partial charge in [0.25, 0.3) is 11.8 Å². The van der Waals surface area contributed by atoms with Crippen molar-refractivity contribution in [2.75, 3.05) is 0 Å². The molecule has 4 aromatic heterocycles. The second-order valence-corrected chi connectivity index (χ2v) is 5.53. The number of amides is 1. The molecule has 9 nitrogen and oxygen atoms in total. The molecule has 4 heterocycles. The molecule has 0 fully saturated rings. The van der Waals surface area contributed by atoms with E-state index in [1.807, 2.05) is 25.3 Å². The summed E-state index contributed by atoms with van der Waals surface area (Å²) >= 11 is 0. The van der Waals surface area contributed by atoms with Gasteiger partial charge in [-0.3, -0.25) is 14.2 Å². The maximum Gasteiger partial charge on any atom is 0.270 e. The second kappa shape index (κ2) is 6.71.